The van der Waals surface area contributed by atoms with Crippen molar-refractivity contribution in [3.8, 4) is 0 Å². The lowest BCUT2D eigenvalue weighted by Gasteiger charge is -2.08. The fraction of sp³-hybridized carbons (Fsp3) is 0.417. The van der Waals surface area contributed by atoms with Crippen LogP contribution in [-0.2, 0) is 4.74 Å². The monoisotopic (exact) mass is 209 g/mol. The Kier molecular flexibility index (Phi) is 4.16. The molecule has 0 saturated carbocycles. The van der Waals surface area contributed by atoms with E-state index < -0.39 is 6.09 Å². The number of ether oxygens (including phenoxy) is 1. The minimum Gasteiger partial charge on any atom is -0.450 e. The molecule has 1 aromatic carbocycles. The van der Waals surface area contributed by atoms with Gasteiger partial charge >= 0.3 is 6.09 Å². The van der Waals surface area contributed by atoms with Gasteiger partial charge in [-0.1, -0.05) is 26.0 Å². The van der Waals surface area contributed by atoms with Gasteiger partial charge < -0.3 is 4.74 Å². The number of hydrogen-bond donors (Lipinski definition) is 1. The summed E-state index contributed by atoms with van der Waals surface area (Å²) in [4.78, 5) is 11.1. The molecule has 0 unspecified atom stereocenters. The molecule has 15 heavy (non-hydrogen) atoms. The molecule has 3 heteroatoms. The first-order valence-corrected chi connectivity index (χ1v) is 5.17. The fourth-order valence-corrected chi connectivity index (χ4v) is 1.24. The van der Waals surface area contributed by atoms with Crippen LogP contribution in [0.25, 0.3) is 0 Å². The number of amides is 1. The van der Waals surface area contributed by atoms with Crippen LogP contribution in [0.4, 0.5) is 10.5 Å². The number of hydrogen-bond acceptors (Lipinski definition) is 2. The van der Waals surface area contributed by atoms with E-state index in [1.807, 2.05) is 24.3 Å². The summed E-state index contributed by atoms with van der Waals surface area (Å²) in [5.74, 6) is 0.502. The number of rotatable bonds is 3. The molecule has 0 aromatic heterocycles. The molecule has 1 N–H and O–H groups in total. The van der Waals surface area contributed by atoms with E-state index in [1.54, 1.807) is 6.92 Å². The summed E-state index contributed by atoms with van der Waals surface area (Å²) in [6, 6.07) is 7.77. The molecule has 0 aliphatic rings. The van der Waals surface area contributed by atoms with Gasteiger partial charge in [-0.2, -0.15) is 0 Å². The van der Waals surface area contributed by atoms with E-state index in [9.17, 15) is 4.79 Å². The molecule has 0 saturated heterocycles. The first-order valence-electron chi connectivity index (χ1n) is 5.17. The molecular formula is C12H19NO2. The summed E-state index contributed by atoms with van der Waals surface area (Å²) in [6.45, 7) is 6.43. The van der Waals surface area contributed by atoms with E-state index >= 15 is 0 Å². The minimum atomic E-state index is -0.408. The van der Waals surface area contributed by atoms with Crippen LogP contribution in [0.15, 0.2) is 24.3 Å². The highest BCUT2D eigenvalue weighted by atomic mass is 16.5. The average Bonchev–Trinajstić information content (AvgIpc) is 2.18. The zero-order valence-corrected chi connectivity index (χ0v) is 9.41. The summed E-state index contributed by atoms with van der Waals surface area (Å²) >= 11 is 0. The van der Waals surface area contributed by atoms with Crippen molar-refractivity contribution in [2.24, 2.45) is 0 Å². The molecule has 84 valence electrons. The Morgan fingerprint density at radius 1 is 1.40 bits per heavy atom. The van der Waals surface area contributed by atoms with Crippen molar-refractivity contribution >= 4 is 11.8 Å². The lowest BCUT2D eigenvalue weighted by Crippen LogP contribution is -2.13. The van der Waals surface area contributed by atoms with Crippen molar-refractivity contribution in [3.63, 3.8) is 0 Å². The first kappa shape index (κ1) is 11.6. The van der Waals surface area contributed by atoms with Gasteiger partial charge in [0, 0.05) is 7.11 Å². The topological polar surface area (TPSA) is 38.3 Å². The van der Waals surface area contributed by atoms with Crippen LogP contribution >= 0.6 is 0 Å². The Bertz CT molecular complexity index is 322. The van der Waals surface area contributed by atoms with Crippen molar-refractivity contribution in [1.82, 2.24) is 0 Å². The van der Waals surface area contributed by atoms with Crippen LogP contribution in [-0.4, -0.2) is 12.7 Å². The lowest BCUT2D eigenvalue weighted by molar-refractivity contribution is 0.168. The third-order valence-corrected chi connectivity index (χ3v) is 2.10. The molecule has 1 amide bonds. The van der Waals surface area contributed by atoms with E-state index in [0.29, 0.717) is 12.5 Å². The predicted octanol–water partition coefficient (Wildman–Crippen LogP) is 3.62. The van der Waals surface area contributed by atoms with Crippen molar-refractivity contribution in [2.45, 2.75) is 26.7 Å². The van der Waals surface area contributed by atoms with Gasteiger partial charge in [-0.3, -0.25) is 5.32 Å². The molecule has 0 radical (unpaired) electrons. The Morgan fingerprint density at radius 3 is 2.47 bits per heavy atom. The quantitative estimate of drug-likeness (QED) is 0.825. The Morgan fingerprint density at radius 2 is 2.00 bits per heavy atom. The van der Waals surface area contributed by atoms with Gasteiger partial charge in [0.2, 0.25) is 0 Å². The second-order valence-electron chi connectivity index (χ2n) is 3.62. The maximum Gasteiger partial charge on any atom is 0.411 e. The smallest absolute Gasteiger partial charge is 0.411 e. The zero-order valence-electron chi connectivity index (χ0n) is 9.41. The van der Waals surface area contributed by atoms with Gasteiger partial charge in [0.15, 0.2) is 0 Å². The molecule has 0 spiro atoms. The highest BCUT2D eigenvalue weighted by Gasteiger charge is 2.02. The van der Waals surface area contributed by atoms with E-state index in [2.05, 4.69) is 19.2 Å². The molecule has 1 aromatic rings. The van der Waals surface area contributed by atoms with Crippen molar-refractivity contribution < 1.29 is 11.0 Å². The molecule has 1 rings (SSSR count). The van der Waals surface area contributed by atoms with Gasteiger partial charge in [0.1, 0.15) is 0 Å². The SMILES string of the molecule is CCOC(=O)Nc1ccc(C(C)C)cc1.[HH]. The van der Waals surface area contributed by atoms with Gasteiger partial charge in [0.05, 0.1) is 6.61 Å². The van der Waals surface area contributed by atoms with Crippen LogP contribution < -0.4 is 5.32 Å². The third-order valence-electron chi connectivity index (χ3n) is 2.10. The molecule has 0 fully saturated rings. The Labute approximate surface area is 91.9 Å². The molecule has 0 aliphatic heterocycles. The van der Waals surface area contributed by atoms with E-state index in [1.165, 1.54) is 5.56 Å². The highest BCUT2D eigenvalue weighted by molar-refractivity contribution is 5.84. The van der Waals surface area contributed by atoms with Crippen molar-refractivity contribution in [2.75, 3.05) is 11.9 Å². The van der Waals surface area contributed by atoms with Gasteiger partial charge in [-0.25, -0.2) is 4.79 Å². The van der Waals surface area contributed by atoms with E-state index in [4.69, 9.17) is 4.74 Å². The van der Waals surface area contributed by atoms with Crippen LogP contribution in [0.5, 0.6) is 0 Å². The van der Waals surface area contributed by atoms with Crippen molar-refractivity contribution in [1.29, 1.82) is 0 Å². The second-order valence-corrected chi connectivity index (χ2v) is 3.62. The summed E-state index contributed by atoms with van der Waals surface area (Å²) in [7, 11) is 0. The molecule has 0 aliphatic carbocycles. The minimum absolute atomic E-state index is 0. The number of carbonyl (C=O) groups excluding carboxylic acids is 1. The third kappa shape index (κ3) is 3.62. The second kappa shape index (κ2) is 5.39. The van der Waals surface area contributed by atoms with E-state index in [0.717, 1.165) is 5.69 Å². The van der Waals surface area contributed by atoms with Crippen LogP contribution in [0, 0.1) is 0 Å². The van der Waals surface area contributed by atoms with Gasteiger partial charge in [-0.15, -0.1) is 0 Å². The number of nitrogens with one attached hydrogen (secondary N) is 1. The summed E-state index contributed by atoms with van der Waals surface area (Å²) in [5, 5.41) is 2.65. The normalized spacial score (nSPS) is 10.1. The molecule has 0 heterocycles. The molecule has 0 atom stereocenters. The summed E-state index contributed by atoms with van der Waals surface area (Å²) in [6.07, 6.45) is -0.408. The lowest BCUT2D eigenvalue weighted by atomic mass is 10.0. The molecular weight excluding hydrogens is 190 g/mol. The highest BCUT2D eigenvalue weighted by Crippen LogP contribution is 2.17. The Hall–Kier alpha value is -1.51. The number of benzene rings is 1. The van der Waals surface area contributed by atoms with Gasteiger partial charge in [-0.05, 0) is 30.5 Å². The zero-order chi connectivity index (χ0) is 11.3. The maximum atomic E-state index is 11.1. The first-order chi connectivity index (χ1) is 7.13. The predicted molar refractivity (Wildman–Crippen MR) is 63.3 cm³/mol. The average molecular weight is 209 g/mol. The maximum absolute atomic E-state index is 11.1. The summed E-state index contributed by atoms with van der Waals surface area (Å²) in [5.41, 5.74) is 2.02. The van der Waals surface area contributed by atoms with Crippen molar-refractivity contribution in [3.05, 3.63) is 29.8 Å². The number of carbonyl (C=O) groups is 1. The standard InChI is InChI=1S/C12H17NO2.H2/c1-4-15-12(14)13-11-7-5-10(6-8-11)9(2)3;/h5-9H,4H2,1-3H3,(H,13,14);1H. The van der Waals surface area contributed by atoms with Crippen LogP contribution in [0.1, 0.15) is 33.7 Å². The molecule has 3 nitrogen and oxygen atoms in total. The number of anilines is 1. The Balaban J connectivity index is 0.00000225. The largest absolute Gasteiger partial charge is 0.450 e. The fourth-order valence-electron chi connectivity index (χ4n) is 1.24. The summed E-state index contributed by atoms with van der Waals surface area (Å²) < 4.78 is 4.77. The van der Waals surface area contributed by atoms with Crippen LogP contribution in [0.3, 0.4) is 0 Å². The van der Waals surface area contributed by atoms with Crippen LogP contribution in [0.2, 0.25) is 0 Å². The molecule has 0 bridgehead atoms. The van der Waals surface area contributed by atoms with E-state index in [-0.39, 0.29) is 1.43 Å². The van der Waals surface area contributed by atoms with Gasteiger partial charge in [0.25, 0.3) is 0 Å².